The fourth-order valence-electron chi connectivity index (χ4n) is 11.5. The molecule has 310 valence electrons. The third-order valence-corrected chi connectivity index (χ3v) is 16.8. The monoisotopic (exact) mass is 878 g/mol. The molecule has 15 rings (SSSR count). The number of hydrogen-bond donors (Lipinski definition) is 0. The van der Waals surface area contributed by atoms with Crippen LogP contribution in [0.4, 0.5) is 11.4 Å². The van der Waals surface area contributed by atoms with E-state index in [1.807, 2.05) is 22.7 Å². The summed E-state index contributed by atoms with van der Waals surface area (Å²) < 4.78 is 15.1. The highest BCUT2D eigenvalue weighted by molar-refractivity contribution is 7.26. The molecule has 0 aliphatic carbocycles. The maximum Gasteiger partial charge on any atom is 0.333 e. The molecule has 3 nitrogen and oxygen atoms in total. The number of aromatic nitrogens is 1. The fourth-order valence-corrected chi connectivity index (χ4v) is 13.7. The number of rotatable bonds is 3. The SMILES string of the molecule is CC(C)(C)c1ccc(N2B3c4cc5oc(-c6ccccc6)c(-c6ccccc6)c5cc4-n4c5cc6sc7ccccc7c6cc5c5ccc(c3c54)-c3cc4c(cc32)sc2ccccc24)cc1. The number of thiophene rings is 2. The maximum absolute atomic E-state index is 7.20. The van der Waals surface area contributed by atoms with Crippen LogP contribution in [0.3, 0.4) is 0 Å². The smallest absolute Gasteiger partial charge is 0.333 e. The molecule has 0 atom stereocenters. The van der Waals surface area contributed by atoms with E-state index in [0.717, 1.165) is 33.4 Å². The van der Waals surface area contributed by atoms with Crippen LogP contribution in [0.15, 0.2) is 186 Å². The molecule has 0 saturated heterocycles. The van der Waals surface area contributed by atoms with Crippen LogP contribution in [0.2, 0.25) is 0 Å². The van der Waals surface area contributed by atoms with Gasteiger partial charge in [-0.2, -0.15) is 0 Å². The summed E-state index contributed by atoms with van der Waals surface area (Å²) in [6.07, 6.45) is 0. The second-order valence-electron chi connectivity index (χ2n) is 19.2. The third kappa shape index (κ3) is 4.98. The van der Waals surface area contributed by atoms with E-state index >= 15 is 0 Å². The van der Waals surface area contributed by atoms with E-state index in [1.165, 1.54) is 107 Å². The molecule has 0 amide bonds. The Labute approximate surface area is 389 Å². The van der Waals surface area contributed by atoms with Gasteiger partial charge < -0.3 is 13.8 Å². The minimum Gasteiger partial charge on any atom is -0.455 e. The summed E-state index contributed by atoms with van der Waals surface area (Å²) in [5.74, 6) is 0.891. The molecule has 4 aromatic heterocycles. The number of anilines is 2. The van der Waals surface area contributed by atoms with Crippen molar-refractivity contribution in [1.82, 2.24) is 4.57 Å². The summed E-state index contributed by atoms with van der Waals surface area (Å²) in [6.45, 7) is 6.75. The number of nitrogens with zero attached hydrogens (tertiary/aromatic N) is 2. The molecular weight excluding hydrogens is 840 g/mol. The van der Waals surface area contributed by atoms with Crippen LogP contribution in [-0.2, 0) is 5.41 Å². The number of fused-ring (bicyclic) bond motifs is 15. The van der Waals surface area contributed by atoms with Crippen molar-refractivity contribution in [2.24, 2.45) is 0 Å². The number of benzene rings is 9. The van der Waals surface area contributed by atoms with Crippen molar-refractivity contribution in [1.29, 1.82) is 0 Å². The normalized spacial score (nSPS) is 13.3. The Balaban J connectivity index is 1.12. The largest absolute Gasteiger partial charge is 0.455 e. The van der Waals surface area contributed by atoms with Crippen molar-refractivity contribution in [3.8, 4) is 39.3 Å². The Hall–Kier alpha value is -7.38. The van der Waals surface area contributed by atoms with Gasteiger partial charge in [0.15, 0.2) is 0 Å². The molecule has 13 aromatic rings. The lowest BCUT2D eigenvalue weighted by Crippen LogP contribution is -2.60. The van der Waals surface area contributed by atoms with Crippen LogP contribution in [0, 0.1) is 0 Å². The lowest BCUT2D eigenvalue weighted by Gasteiger charge is -2.42. The van der Waals surface area contributed by atoms with Crippen molar-refractivity contribution < 1.29 is 4.42 Å². The molecule has 9 aromatic carbocycles. The van der Waals surface area contributed by atoms with Gasteiger partial charge in [-0.3, -0.25) is 0 Å². The Morgan fingerprint density at radius 3 is 1.85 bits per heavy atom. The zero-order valence-electron chi connectivity index (χ0n) is 36.5. The average Bonchev–Trinajstić information content (AvgIpc) is 4.10. The molecular formula is C60H39BN2OS2. The van der Waals surface area contributed by atoms with E-state index in [-0.39, 0.29) is 12.3 Å². The summed E-state index contributed by atoms with van der Waals surface area (Å²) in [7, 11) is 0. The molecule has 0 N–H and O–H groups in total. The average molecular weight is 879 g/mol. The van der Waals surface area contributed by atoms with Gasteiger partial charge in [-0.05, 0) is 93.7 Å². The predicted octanol–water partition coefficient (Wildman–Crippen LogP) is 16.1. The van der Waals surface area contributed by atoms with Crippen LogP contribution >= 0.6 is 22.7 Å². The molecule has 0 spiro atoms. The molecule has 0 saturated carbocycles. The first kappa shape index (κ1) is 36.9. The minimum atomic E-state index is -0.146. The molecule has 0 bridgehead atoms. The molecule has 2 aliphatic rings. The highest BCUT2D eigenvalue weighted by Gasteiger charge is 2.45. The maximum atomic E-state index is 7.20. The first-order valence-electron chi connectivity index (χ1n) is 22.9. The first-order chi connectivity index (χ1) is 32.4. The predicted molar refractivity (Wildman–Crippen MR) is 285 cm³/mol. The Bertz CT molecular complexity index is 4210. The van der Waals surface area contributed by atoms with Crippen molar-refractivity contribution in [3.05, 3.63) is 188 Å². The number of furan rings is 1. The van der Waals surface area contributed by atoms with Gasteiger partial charge in [0.2, 0.25) is 0 Å². The van der Waals surface area contributed by atoms with E-state index in [1.54, 1.807) is 0 Å². The second-order valence-corrected chi connectivity index (χ2v) is 21.4. The summed E-state index contributed by atoms with van der Waals surface area (Å²) in [5, 5.41) is 8.93. The quantitative estimate of drug-likeness (QED) is 0.165. The number of hydrogen-bond acceptors (Lipinski definition) is 4. The highest BCUT2D eigenvalue weighted by atomic mass is 32.1. The van der Waals surface area contributed by atoms with E-state index < -0.39 is 0 Å². The zero-order chi connectivity index (χ0) is 43.6. The summed E-state index contributed by atoms with van der Waals surface area (Å²) in [6, 6.07) is 68.2. The molecule has 0 unspecified atom stereocenters. The molecule has 6 heteroatoms. The van der Waals surface area contributed by atoms with Gasteiger partial charge in [-0.1, -0.05) is 142 Å². The fraction of sp³-hybridized carbons (Fsp3) is 0.0667. The standard InChI is InChI=1S/C60H39BN2OS2/c1-60(2,3)36-22-24-37(25-23-36)63-49-33-55-44(38-18-10-13-21-53(38)66-55)28-42(49)40-26-27-41-43-29-45-39-19-11-12-20-52(39)65-54(45)32-48(43)62-50-30-46-51(31-47(50)61(63)57(40)58(41)62)64-59(35-16-8-5-9-17-35)56(46)34-14-6-4-7-15-34/h4-33H,1-3H3. The molecule has 66 heavy (non-hydrogen) atoms. The van der Waals surface area contributed by atoms with E-state index in [9.17, 15) is 0 Å². The van der Waals surface area contributed by atoms with Gasteiger partial charge in [-0.25, -0.2) is 0 Å². The lowest BCUT2D eigenvalue weighted by atomic mass is 9.44. The molecule has 0 radical (unpaired) electrons. The van der Waals surface area contributed by atoms with Crippen LogP contribution in [0.1, 0.15) is 26.3 Å². The topological polar surface area (TPSA) is 21.3 Å². The van der Waals surface area contributed by atoms with E-state index in [4.69, 9.17) is 4.42 Å². The minimum absolute atomic E-state index is 0.0234. The van der Waals surface area contributed by atoms with Crippen LogP contribution < -0.4 is 15.7 Å². The van der Waals surface area contributed by atoms with Gasteiger partial charge in [-0.15, -0.1) is 22.7 Å². The Kier molecular flexibility index (Phi) is 7.34. The Morgan fingerprint density at radius 1 is 0.485 bits per heavy atom. The van der Waals surface area contributed by atoms with Gasteiger partial charge in [0.25, 0.3) is 0 Å². The first-order valence-corrected chi connectivity index (χ1v) is 24.5. The van der Waals surface area contributed by atoms with Gasteiger partial charge >= 0.3 is 6.85 Å². The molecule has 0 fully saturated rings. The zero-order valence-corrected chi connectivity index (χ0v) is 38.2. The van der Waals surface area contributed by atoms with Crippen LogP contribution in [0.25, 0.3) is 112 Å². The van der Waals surface area contributed by atoms with Gasteiger partial charge in [0.05, 0.1) is 11.0 Å². The van der Waals surface area contributed by atoms with Crippen molar-refractivity contribution >= 4 is 125 Å². The van der Waals surface area contributed by atoms with Crippen molar-refractivity contribution in [2.75, 3.05) is 4.81 Å². The van der Waals surface area contributed by atoms with E-state index in [0.29, 0.717) is 0 Å². The summed E-state index contributed by atoms with van der Waals surface area (Å²) in [4.78, 5) is 2.66. The van der Waals surface area contributed by atoms with E-state index in [2.05, 4.69) is 212 Å². The lowest BCUT2D eigenvalue weighted by molar-refractivity contribution is 0.590. The van der Waals surface area contributed by atoms with Crippen molar-refractivity contribution in [3.63, 3.8) is 0 Å². The van der Waals surface area contributed by atoms with Crippen LogP contribution in [-0.4, -0.2) is 11.4 Å². The highest BCUT2D eigenvalue weighted by Crippen LogP contribution is 2.51. The van der Waals surface area contributed by atoms with Gasteiger partial charge in [0.1, 0.15) is 11.3 Å². The van der Waals surface area contributed by atoms with Gasteiger partial charge in [0, 0.05) is 90.3 Å². The summed E-state index contributed by atoms with van der Waals surface area (Å²) in [5.41, 5.74) is 16.8. The Morgan fingerprint density at radius 2 is 1.14 bits per heavy atom. The summed E-state index contributed by atoms with van der Waals surface area (Å²) >= 11 is 3.78. The van der Waals surface area contributed by atoms with Crippen molar-refractivity contribution in [2.45, 2.75) is 26.2 Å². The molecule has 2 aliphatic heterocycles. The second kappa shape index (κ2) is 13.1. The van der Waals surface area contributed by atoms with Crippen LogP contribution in [0.5, 0.6) is 0 Å². The molecule has 6 heterocycles. The third-order valence-electron chi connectivity index (χ3n) is 14.5.